The van der Waals surface area contributed by atoms with Gasteiger partial charge in [-0.05, 0) is 54.8 Å². The number of thioether (sulfide) groups is 1. The largest absolute Gasteiger partial charge is 0.480 e. The van der Waals surface area contributed by atoms with Crippen molar-refractivity contribution in [2.75, 3.05) is 6.54 Å². The van der Waals surface area contributed by atoms with Gasteiger partial charge < -0.3 is 9.67 Å². The second-order valence-electron chi connectivity index (χ2n) is 6.82. The van der Waals surface area contributed by atoms with Gasteiger partial charge in [-0.3, -0.25) is 19.3 Å². The van der Waals surface area contributed by atoms with Crippen LogP contribution in [0.1, 0.15) is 17.0 Å². The molecule has 29 heavy (non-hydrogen) atoms. The summed E-state index contributed by atoms with van der Waals surface area (Å²) in [6.45, 7) is 3.32. The predicted molar refractivity (Wildman–Crippen MR) is 113 cm³/mol. The van der Waals surface area contributed by atoms with E-state index in [0.717, 1.165) is 50.1 Å². The number of carbonyl (C=O) groups is 3. The van der Waals surface area contributed by atoms with E-state index in [9.17, 15) is 14.4 Å². The molecule has 1 aliphatic rings. The fourth-order valence-electron chi connectivity index (χ4n) is 3.62. The maximum Gasteiger partial charge on any atom is 0.323 e. The third kappa shape index (κ3) is 3.34. The predicted octanol–water partition coefficient (Wildman–Crippen LogP) is 4.37. The van der Waals surface area contributed by atoms with Crippen molar-refractivity contribution in [2.24, 2.45) is 0 Å². The lowest BCUT2D eigenvalue weighted by Gasteiger charge is -2.13. The SMILES string of the molecule is Cc1cc(/C=C2/SC(=O)N(CC(=O)O)C2=O)c(C)n1-c1cccc2ccccc12. The number of nitrogens with zero attached hydrogens (tertiary/aromatic N) is 2. The van der Waals surface area contributed by atoms with Crippen molar-refractivity contribution < 1.29 is 19.5 Å². The van der Waals surface area contributed by atoms with Crippen LogP contribution in [0, 0.1) is 13.8 Å². The highest BCUT2D eigenvalue weighted by Crippen LogP contribution is 2.34. The highest BCUT2D eigenvalue weighted by atomic mass is 32.2. The molecule has 0 aliphatic carbocycles. The second-order valence-corrected chi connectivity index (χ2v) is 7.81. The molecule has 0 atom stereocenters. The van der Waals surface area contributed by atoms with Crippen molar-refractivity contribution in [3.63, 3.8) is 0 Å². The lowest BCUT2D eigenvalue weighted by Crippen LogP contribution is -2.33. The number of aromatic nitrogens is 1. The van der Waals surface area contributed by atoms with Crippen molar-refractivity contribution in [1.82, 2.24) is 9.47 Å². The van der Waals surface area contributed by atoms with Gasteiger partial charge in [-0.25, -0.2) is 0 Å². The number of benzene rings is 2. The minimum Gasteiger partial charge on any atom is -0.480 e. The summed E-state index contributed by atoms with van der Waals surface area (Å²) in [5, 5.41) is 10.6. The topological polar surface area (TPSA) is 79.6 Å². The molecule has 1 aliphatic heterocycles. The summed E-state index contributed by atoms with van der Waals surface area (Å²) >= 11 is 0.767. The van der Waals surface area contributed by atoms with Crippen LogP contribution in [0.3, 0.4) is 0 Å². The Morgan fingerprint density at radius 2 is 1.83 bits per heavy atom. The van der Waals surface area contributed by atoms with Gasteiger partial charge in [0.1, 0.15) is 6.54 Å². The highest BCUT2D eigenvalue weighted by molar-refractivity contribution is 8.18. The molecule has 6 nitrogen and oxygen atoms in total. The average Bonchev–Trinajstić information content (AvgIpc) is 3.11. The Bertz CT molecular complexity index is 1200. The number of hydrogen-bond acceptors (Lipinski definition) is 4. The summed E-state index contributed by atoms with van der Waals surface area (Å²) in [6.07, 6.45) is 1.66. The number of aliphatic carboxylic acids is 1. The Labute approximate surface area is 171 Å². The summed E-state index contributed by atoms with van der Waals surface area (Å²) in [5.41, 5.74) is 3.78. The summed E-state index contributed by atoms with van der Waals surface area (Å²) in [5.74, 6) is -1.79. The van der Waals surface area contributed by atoms with Crippen molar-refractivity contribution >= 4 is 45.7 Å². The molecule has 146 valence electrons. The second kappa shape index (κ2) is 7.25. The van der Waals surface area contributed by atoms with E-state index in [2.05, 4.69) is 22.8 Å². The van der Waals surface area contributed by atoms with E-state index < -0.39 is 23.7 Å². The van der Waals surface area contributed by atoms with Crippen LogP contribution in [0.2, 0.25) is 0 Å². The van der Waals surface area contributed by atoms with Gasteiger partial charge >= 0.3 is 5.97 Å². The number of carboxylic acids is 1. The summed E-state index contributed by atoms with van der Waals surface area (Å²) in [7, 11) is 0. The van der Waals surface area contributed by atoms with Gasteiger partial charge in [-0.15, -0.1) is 0 Å². The number of carboxylic acid groups (broad SMARTS) is 1. The van der Waals surface area contributed by atoms with Gasteiger partial charge in [0.05, 0.1) is 10.6 Å². The standard InChI is InChI=1S/C22H18N2O4S/c1-13-10-16(11-19-21(27)23(12-20(25)26)22(28)29-19)14(2)24(13)18-9-5-7-15-6-3-4-8-17(15)18/h3-11H,12H2,1-2H3,(H,25,26)/b19-11+. The third-order valence-electron chi connectivity index (χ3n) is 4.93. The van der Waals surface area contributed by atoms with Crippen LogP contribution in [0.25, 0.3) is 22.5 Å². The monoisotopic (exact) mass is 406 g/mol. The first-order valence-corrected chi connectivity index (χ1v) is 9.82. The summed E-state index contributed by atoms with van der Waals surface area (Å²) < 4.78 is 2.12. The Hall–Kier alpha value is -3.32. The normalized spacial score (nSPS) is 15.7. The number of imide groups is 1. The molecular weight excluding hydrogens is 388 g/mol. The molecule has 0 unspecified atom stereocenters. The smallest absolute Gasteiger partial charge is 0.323 e. The number of aryl methyl sites for hydroxylation is 1. The van der Waals surface area contributed by atoms with Crippen LogP contribution in [-0.2, 0) is 9.59 Å². The Balaban J connectivity index is 1.77. The number of rotatable bonds is 4. The van der Waals surface area contributed by atoms with Crippen LogP contribution in [0.4, 0.5) is 4.79 Å². The van der Waals surface area contributed by atoms with Crippen LogP contribution in [-0.4, -0.2) is 38.2 Å². The molecule has 2 heterocycles. The molecule has 1 saturated heterocycles. The van der Waals surface area contributed by atoms with Crippen LogP contribution >= 0.6 is 11.8 Å². The first-order chi connectivity index (χ1) is 13.9. The van der Waals surface area contributed by atoms with E-state index in [0.29, 0.717) is 0 Å². The first-order valence-electron chi connectivity index (χ1n) is 9.01. The Morgan fingerprint density at radius 3 is 2.59 bits per heavy atom. The zero-order chi connectivity index (χ0) is 20.7. The third-order valence-corrected chi connectivity index (χ3v) is 5.84. The zero-order valence-electron chi connectivity index (χ0n) is 15.9. The molecule has 0 radical (unpaired) electrons. The molecular formula is C22H18N2O4S. The Kier molecular flexibility index (Phi) is 4.76. The highest BCUT2D eigenvalue weighted by Gasteiger charge is 2.36. The van der Waals surface area contributed by atoms with E-state index in [-0.39, 0.29) is 4.91 Å². The molecule has 1 fully saturated rings. The lowest BCUT2D eigenvalue weighted by atomic mass is 10.1. The fraction of sp³-hybridized carbons (Fsp3) is 0.136. The van der Waals surface area contributed by atoms with Gasteiger partial charge in [0.25, 0.3) is 11.1 Å². The maximum atomic E-state index is 12.4. The van der Waals surface area contributed by atoms with Crippen molar-refractivity contribution in [2.45, 2.75) is 13.8 Å². The number of fused-ring (bicyclic) bond motifs is 1. The summed E-state index contributed by atoms with van der Waals surface area (Å²) in [4.78, 5) is 36.3. The van der Waals surface area contributed by atoms with Crippen LogP contribution in [0.15, 0.2) is 53.4 Å². The lowest BCUT2D eigenvalue weighted by molar-refractivity contribution is -0.140. The van der Waals surface area contributed by atoms with Crippen molar-refractivity contribution in [3.05, 3.63) is 70.4 Å². The molecule has 7 heteroatoms. The molecule has 0 bridgehead atoms. The number of amides is 2. The van der Waals surface area contributed by atoms with E-state index in [1.165, 1.54) is 0 Å². The van der Waals surface area contributed by atoms with Crippen LogP contribution < -0.4 is 0 Å². The van der Waals surface area contributed by atoms with Gasteiger partial charge in [-0.1, -0.05) is 36.4 Å². The molecule has 4 rings (SSSR count). The zero-order valence-corrected chi connectivity index (χ0v) is 16.7. The Morgan fingerprint density at radius 1 is 1.10 bits per heavy atom. The molecule has 0 spiro atoms. The van der Waals surface area contributed by atoms with Gasteiger partial charge in [0, 0.05) is 16.8 Å². The molecule has 2 aromatic carbocycles. The maximum absolute atomic E-state index is 12.4. The average molecular weight is 406 g/mol. The van der Waals surface area contributed by atoms with E-state index >= 15 is 0 Å². The number of carbonyl (C=O) groups excluding carboxylic acids is 2. The first kappa shape index (κ1) is 19.0. The van der Waals surface area contributed by atoms with Crippen LogP contribution in [0.5, 0.6) is 0 Å². The molecule has 1 N–H and O–H groups in total. The van der Waals surface area contributed by atoms with E-state index in [1.54, 1.807) is 6.08 Å². The van der Waals surface area contributed by atoms with Crippen molar-refractivity contribution in [3.8, 4) is 5.69 Å². The van der Waals surface area contributed by atoms with Crippen molar-refractivity contribution in [1.29, 1.82) is 0 Å². The summed E-state index contributed by atoms with van der Waals surface area (Å²) in [6, 6.07) is 16.2. The number of hydrogen-bond donors (Lipinski definition) is 1. The molecule has 0 saturated carbocycles. The minimum atomic E-state index is -1.22. The van der Waals surface area contributed by atoms with E-state index in [1.807, 2.05) is 44.2 Å². The van der Waals surface area contributed by atoms with Gasteiger partial charge in [-0.2, -0.15) is 0 Å². The molecule has 2 amide bonds. The minimum absolute atomic E-state index is 0.231. The van der Waals surface area contributed by atoms with Gasteiger partial charge in [0.15, 0.2) is 0 Å². The fourth-order valence-corrected chi connectivity index (χ4v) is 4.45. The molecule has 3 aromatic rings. The van der Waals surface area contributed by atoms with E-state index in [4.69, 9.17) is 5.11 Å². The quantitative estimate of drug-likeness (QED) is 0.651. The van der Waals surface area contributed by atoms with Gasteiger partial charge in [0.2, 0.25) is 0 Å². The molecule has 1 aromatic heterocycles.